The van der Waals surface area contributed by atoms with Crippen LogP contribution in [0.15, 0.2) is 22.7 Å². The minimum absolute atomic E-state index is 0.222. The van der Waals surface area contributed by atoms with Crippen LogP contribution in [0.5, 0.6) is 0 Å². The van der Waals surface area contributed by atoms with Gasteiger partial charge in [0.1, 0.15) is 5.82 Å². The Balaban J connectivity index is 2.55. The highest BCUT2D eigenvalue weighted by Gasteiger charge is 2.13. The molecule has 1 N–H and O–H groups in total. The van der Waals surface area contributed by atoms with Crippen LogP contribution in [0.1, 0.15) is 26.3 Å². The molecule has 2 nitrogen and oxygen atoms in total. The Hall–Kier alpha value is -0.450. The first-order valence-corrected chi connectivity index (χ1v) is 7.09. The number of rotatable bonds is 7. The zero-order chi connectivity index (χ0) is 13.5. The van der Waals surface area contributed by atoms with Crippen molar-refractivity contribution >= 4 is 15.9 Å². The first-order valence-electron chi connectivity index (χ1n) is 6.29. The number of halogens is 2. The lowest BCUT2D eigenvalue weighted by molar-refractivity contribution is 0.108. The third-order valence-corrected chi connectivity index (χ3v) is 3.61. The van der Waals surface area contributed by atoms with Gasteiger partial charge in [-0.05, 0) is 30.5 Å². The Kier molecular flexibility index (Phi) is 6.82. The number of benzene rings is 1. The molecule has 0 heterocycles. The standard InChI is InChI=1S/C14H21BrFNO/c1-4-18-9-14(10(2)3)17-8-11-5-6-12(16)7-13(11)15/h5-7,10,14,17H,4,8-9H2,1-3H3. The van der Waals surface area contributed by atoms with E-state index in [0.717, 1.165) is 16.6 Å². The molecule has 1 unspecified atom stereocenters. The molecule has 102 valence electrons. The Labute approximate surface area is 117 Å². The molecule has 0 aliphatic heterocycles. The molecule has 1 atom stereocenters. The van der Waals surface area contributed by atoms with Crippen LogP contribution < -0.4 is 5.32 Å². The molecule has 1 aromatic rings. The second-order valence-corrected chi connectivity index (χ2v) is 5.48. The van der Waals surface area contributed by atoms with E-state index in [1.165, 1.54) is 12.1 Å². The maximum atomic E-state index is 13.0. The lowest BCUT2D eigenvalue weighted by Crippen LogP contribution is -2.37. The minimum Gasteiger partial charge on any atom is -0.380 e. The summed E-state index contributed by atoms with van der Waals surface area (Å²) in [5, 5.41) is 3.45. The lowest BCUT2D eigenvalue weighted by Gasteiger charge is -2.22. The average molecular weight is 318 g/mol. The van der Waals surface area contributed by atoms with E-state index in [4.69, 9.17) is 4.74 Å². The Bertz CT molecular complexity index is 371. The van der Waals surface area contributed by atoms with Crippen molar-refractivity contribution in [1.29, 1.82) is 0 Å². The Morgan fingerprint density at radius 1 is 1.39 bits per heavy atom. The Morgan fingerprint density at radius 2 is 2.11 bits per heavy atom. The second-order valence-electron chi connectivity index (χ2n) is 4.63. The highest BCUT2D eigenvalue weighted by atomic mass is 79.9. The summed E-state index contributed by atoms with van der Waals surface area (Å²) in [7, 11) is 0. The minimum atomic E-state index is -0.222. The van der Waals surface area contributed by atoms with Crippen LogP contribution in [0.25, 0.3) is 0 Å². The quantitative estimate of drug-likeness (QED) is 0.827. The van der Waals surface area contributed by atoms with Gasteiger partial charge in [-0.2, -0.15) is 0 Å². The Morgan fingerprint density at radius 3 is 2.67 bits per heavy atom. The molecule has 0 amide bonds. The van der Waals surface area contributed by atoms with Crippen molar-refractivity contribution in [1.82, 2.24) is 5.32 Å². The van der Waals surface area contributed by atoms with E-state index >= 15 is 0 Å². The number of hydrogen-bond acceptors (Lipinski definition) is 2. The molecule has 0 radical (unpaired) electrons. The van der Waals surface area contributed by atoms with Crippen LogP contribution in [0.4, 0.5) is 4.39 Å². The highest BCUT2D eigenvalue weighted by Crippen LogP contribution is 2.18. The zero-order valence-corrected chi connectivity index (χ0v) is 12.8. The average Bonchev–Trinajstić information content (AvgIpc) is 2.31. The molecular weight excluding hydrogens is 297 g/mol. The van der Waals surface area contributed by atoms with Gasteiger partial charge in [0.05, 0.1) is 6.61 Å². The summed E-state index contributed by atoms with van der Waals surface area (Å²) in [4.78, 5) is 0. The van der Waals surface area contributed by atoms with Gasteiger partial charge in [-0.3, -0.25) is 0 Å². The number of hydrogen-bond donors (Lipinski definition) is 1. The fourth-order valence-corrected chi connectivity index (χ4v) is 2.13. The van der Waals surface area contributed by atoms with E-state index in [9.17, 15) is 4.39 Å². The summed E-state index contributed by atoms with van der Waals surface area (Å²) in [5.74, 6) is 0.274. The van der Waals surface area contributed by atoms with Gasteiger partial charge in [-0.15, -0.1) is 0 Å². The molecule has 0 spiro atoms. The molecule has 0 bridgehead atoms. The second kappa shape index (κ2) is 7.87. The third-order valence-electron chi connectivity index (χ3n) is 2.88. The van der Waals surface area contributed by atoms with Gasteiger partial charge in [0.25, 0.3) is 0 Å². The van der Waals surface area contributed by atoms with Gasteiger partial charge in [0.2, 0.25) is 0 Å². The maximum Gasteiger partial charge on any atom is 0.124 e. The van der Waals surface area contributed by atoms with Gasteiger partial charge >= 0.3 is 0 Å². The molecule has 1 aromatic carbocycles. The van der Waals surface area contributed by atoms with E-state index in [0.29, 0.717) is 25.1 Å². The van der Waals surface area contributed by atoms with E-state index < -0.39 is 0 Å². The topological polar surface area (TPSA) is 21.3 Å². The normalized spacial score (nSPS) is 13.0. The van der Waals surface area contributed by atoms with Crippen molar-refractivity contribution in [3.8, 4) is 0 Å². The van der Waals surface area contributed by atoms with E-state index in [1.54, 1.807) is 6.07 Å². The molecule has 1 rings (SSSR count). The van der Waals surface area contributed by atoms with E-state index in [2.05, 4.69) is 35.1 Å². The van der Waals surface area contributed by atoms with Crippen molar-refractivity contribution in [3.63, 3.8) is 0 Å². The van der Waals surface area contributed by atoms with Crippen molar-refractivity contribution in [3.05, 3.63) is 34.1 Å². The predicted molar refractivity (Wildman–Crippen MR) is 76.1 cm³/mol. The smallest absolute Gasteiger partial charge is 0.124 e. The summed E-state index contributed by atoms with van der Waals surface area (Å²) in [6, 6.07) is 5.07. The first-order chi connectivity index (χ1) is 8.54. The first kappa shape index (κ1) is 15.6. The molecule has 0 saturated carbocycles. The zero-order valence-electron chi connectivity index (χ0n) is 11.2. The summed E-state index contributed by atoms with van der Waals surface area (Å²) >= 11 is 3.38. The lowest BCUT2D eigenvalue weighted by atomic mass is 10.0. The van der Waals surface area contributed by atoms with Gasteiger partial charge in [-0.1, -0.05) is 35.8 Å². The summed E-state index contributed by atoms with van der Waals surface area (Å²) in [6.45, 7) is 8.45. The maximum absolute atomic E-state index is 13.0. The molecule has 0 aliphatic carbocycles. The van der Waals surface area contributed by atoms with Gasteiger partial charge in [0.15, 0.2) is 0 Å². The molecule has 0 aromatic heterocycles. The fraction of sp³-hybridized carbons (Fsp3) is 0.571. The summed E-state index contributed by atoms with van der Waals surface area (Å²) in [6.07, 6.45) is 0. The molecular formula is C14H21BrFNO. The van der Waals surface area contributed by atoms with Crippen molar-refractivity contribution in [2.45, 2.75) is 33.4 Å². The molecule has 18 heavy (non-hydrogen) atoms. The number of ether oxygens (including phenoxy) is 1. The molecule has 0 aliphatic rings. The van der Waals surface area contributed by atoms with Crippen molar-refractivity contribution < 1.29 is 9.13 Å². The molecule has 4 heteroatoms. The van der Waals surface area contributed by atoms with Crippen molar-refractivity contribution in [2.75, 3.05) is 13.2 Å². The monoisotopic (exact) mass is 317 g/mol. The van der Waals surface area contributed by atoms with Crippen molar-refractivity contribution in [2.24, 2.45) is 5.92 Å². The van der Waals surface area contributed by atoms with Crippen LogP contribution >= 0.6 is 15.9 Å². The van der Waals surface area contributed by atoms with Crippen LogP contribution in [0, 0.1) is 11.7 Å². The van der Waals surface area contributed by atoms with Crippen LogP contribution in [0.3, 0.4) is 0 Å². The molecule has 0 saturated heterocycles. The van der Waals surface area contributed by atoms with Gasteiger partial charge < -0.3 is 10.1 Å². The van der Waals surface area contributed by atoms with Gasteiger partial charge in [0, 0.05) is 23.7 Å². The summed E-state index contributed by atoms with van der Waals surface area (Å²) < 4.78 is 19.2. The SMILES string of the molecule is CCOCC(NCc1ccc(F)cc1Br)C(C)C. The predicted octanol–water partition coefficient (Wildman–Crippen LogP) is 3.74. The largest absolute Gasteiger partial charge is 0.380 e. The van der Waals surface area contributed by atoms with Crippen LogP contribution in [-0.2, 0) is 11.3 Å². The van der Waals surface area contributed by atoms with Crippen LogP contribution in [0.2, 0.25) is 0 Å². The fourth-order valence-electron chi connectivity index (χ4n) is 1.64. The third kappa shape index (κ3) is 5.04. The molecule has 0 fully saturated rings. The van der Waals surface area contributed by atoms with E-state index in [-0.39, 0.29) is 5.82 Å². The van der Waals surface area contributed by atoms with Gasteiger partial charge in [-0.25, -0.2) is 4.39 Å². The number of nitrogens with one attached hydrogen (secondary N) is 1. The van der Waals surface area contributed by atoms with Crippen LogP contribution in [-0.4, -0.2) is 19.3 Å². The highest BCUT2D eigenvalue weighted by molar-refractivity contribution is 9.10. The van der Waals surface area contributed by atoms with E-state index in [1.807, 2.05) is 6.92 Å². The summed E-state index contributed by atoms with van der Waals surface area (Å²) in [5.41, 5.74) is 1.05.